The molecule has 2 aromatic rings. The maximum absolute atomic E-state index is 11.4. The first kappa shape index (κ1) is 13.7. The van der Waals surface area contributed by atoms with Gasteiger partial charge in [-0.1, -0.05) is 5.16 Å². The van der Waals surface area contributed by atoms with E-state index >= 15 is 0 Å². The molecule has 0 radical (unpaired) electrons. The Hall–Kier alpha value is -2.31. The largest absolute Gasteiger partial charge is 0.343 e. The summed E-state index contributed by atoms with van der Waals surface area (Å²) in [5.41, 5.74) is 0.599. The summed E-state index contributed by atoms with van der Waals surface area (Å²) in [6.07, 6.45) is 7.59. The smallest absolute Gasteiger partial charge is 0.227 e. The molecule has 7 nitrogen and oxygen atoms in total. The molecule has 0 N–H and O–H groups in total. The van der Waals surface area contributed by atoms with Crippen molar-refractivity contribution in [1.29, 1.82) is 0 Å². The summed E-state index contributed by atoms with van der Waals surface area (Å²) in [7, 11) is 0. The molecule has 0 aromatic carbocycles. The number of rotatable bonds is 3. The van der Waals surface area contributed by atoms with E-state index in [4.69, 9.17) is 4.52 Å². The molecule has 1 amide bonds. The van der Waals surface area contributed by atoms with Crippen LogP contribution in [-0.4, -0.2) is 44.0 Å². The second-order valence-electron chi connectivity index (χ2n) is 5.28. The van der Waals surface area contributed by atoms with E-state index in [1.165, 1.54) is 0 Å². The number of carbonyl (C=O) groups is 1. The molecule has 1 saturated heterocycles. The predicted octanol–water partition coefficient (Wildman–Crippen LogP) is 1.33. The standard InChI is InChI=1S/C14H17N5O2/c1-10(20)19-6-2-3-11(9-19)7-13-17-14(18-21-13)12-8-15-4-5-16-12/h4-5,8,11H,2-3,6-7,9H2,1H3/t11-/m1/s1. The summed E-state index contributed by atoms with van der Waals surface area (Å²) in [4.78, 5) is 25.8. The maximum atomic E-state index is 11.4. The Labute approximate surface area is 122 Å². The zero-order valence-electron chi connectivity index (χ0n) is 11.9. The van der Waals surface area contributed by atoms with Crippen LogP contribution in [-0.2, 0) is 11.2 Å². The van der Waals surface area contributed by atoms with E-state index in [1.54, 1.807) is 25.5 Å². The average Bonchev–Trinajstić information content (AvgIpc) is 2.97. The highest BCUT2D eigenvalue weighted by Crippen LogP contribution is 2.21. The Morgan fingerprint density at radius 1 is 1.48 bits per heavy atom. The number of amides is 1. The minimum atomic E-state index is 0.130. The lowest BCUT2D eigenvalue weighted by Gasteiger charge is -2.31. The number of nitrogens with zero attached hydrogens (tertiary/aromatic N) is 5. The van der Waals surface area contributed by atoms with Crippen molar-refractivity contribution < 1.29 is 9.32 Å². The van der Waals surface area contributed by atoms with Crippen molar-refractivity contribution in [3.63, 3.8) is 0 Å². The van der Waals surface area contributed by atoms with Crippen LogP contribution >= 0.6 is 0 Å². The topological polar surface area (TPSA) is 85.0 Å². The van der Waals surface area contributed by atoms with E-state index < -0.39 is 0 Å². The zero-order valence-corrected chi connectivity index (χ0v) is 11.9. The van der Waals surface area contributed by atoms with Crippen LogP contribution in [0.3, 0.4) is 0 Å². The van der Waals surface area contributed by atoms with Crippen molar-refractivity contribution in [2.24, 2.45) is 5.92 Å². The molecule has 0 spiro atoms. The third-order valence-corrected chi connectivity index (χ3v) is 3.69. The van der Waals surface area contributed by atoms with Gasteiger partial charge < -0.3 is 9.42 Å². The number of likely N-dealkylation sites (tertiary alicyclic amines) is 1. The van der Waals surface area contributed by atoms with Gasteiger partial charge in [-0.25, -0.2) is 4.98 Å². The molecule has 1 aliphatic rings. The van der Waals surface area contributed by atoms with Crippen molar-refractivity contribution in [3.8, 4) is 11.5 Å². The van der Waals surface area contributed by atoms with Gasteiger partial charge in [0.25, 0.3) is 0 Å². The number of carbonyl (C=O) groups excluding carboxylic acids is 1. The third-order valence-electron chi connectivity index (χ3n) is 3.69. The van der Waals surface area contributed by atoms with Crippen LogP contribution < -0.4 is 0 Å². The fourth-order valence-corrected chi connectivity index (χ4v) is 2.62. The molecule has 0 saturated carbocycles. The first-order chi connectivity index (χ1) is 10.2. The quantitative estimate of drug-likeness (QED) is 0.846. The fraction of sp³-hybridized carbons (Fsp3) is 0.500. The zero-order chi connectivity index (χ0) is 14.7. The van der Waals surface area contributed by atoms with Gasteiger partial charge in [-0.05, 0) is 18.8 Å². The van der Waals surface area contributed by atoms with Crippen LogP contribution in [0.1, 0.15) is 25.7 Å². The van der Waals surface area contributed by atoms with Crippen LogP contribution in [0, 0.1) is 5.92 Å². The monoisotopic (exact) mass is 287 g/mol. The molecule has 7 heteroatoms. The lowest BCUT2D eigenvalue weighted by molar-refractivity contribution is -0.130. The maximum Gasteiger partial charge on any atom is 0.227 e. The molecule has 0 aliphatic carbocycles. The van der Waals surface area contributed by atoms with Gasteiger partial charge in [-0.2, -0.15) is 4.98 Å². The summed E-state index contributed by atoms with van der Waals surface area (Å²) in [6, 6.07) is 0. The summed E-state index contributed by atoms with van der Waals surface area (Å²) in [6.45, 7) is 3.22. The molecule has 0 bridgehead atoms. The van der Waals surface area contributed by atoms with Gasteiger partial charge in [0.05, 0.1) is 6.20 Å². The molecule has 1 fully saturated rings. The highest BCUT2D eigenvalue weighted by Gasteiger charge is 2.23. The minimum absolute atomic E-state index is 0.130. The summed E-state index contributed by atoms with van der Waals surface area (Å²) in [5, 5.41) is 3.94. The number of hydrogen-bond donors (Lipinski definition) is 0. The van der Waals surface area contributed by atoms with E-state index in [1.807, 2.05) is 4.90 Å². The van der Waals surface area contributed by atoms with Crippen LogP contribution in [0.4, 0.5) is 0 Å². The highest BCUT2D eigenvalue weighted by atomic mass is 16.5. The first-order valence-electron chi connectivity index (χ1n) is 7.07. The van der Waals surface area contributed by atoms with Crippen LogP contribution in [0.25, 0.3) is 11.5 Å². The van der Waals surface area contributed by atoms with Gasteiger partial charge in [-0.15, -0.1) is 0 Å². The average molecular weight is 287 g/mol. The number of hydrogen-bond acceptors (Lipinski definition) is 6. The number of aromatic nitrogens is 4. The molecule has 2 aromatic heterocycles. The predicted molar refractivity (Wildman–Crippen MR) is 74.0 cm³/mol. The van der Waals surface area contributed by atoms with Crippen molar-refractivity contribution in [2.45, 2.75) is 26.2 Å². The van der Waals surface area contributed by atoms with Crippen molar-refractivity contribution >= 4 is 5.91 Å². The lowest BCUT2D eigenvalue weighted by atomic mass is 9.95. The summed E-state index contributed by atoms with van der Waals surface area (Å²) >= 11 is 0. The number of piperidine rings is 1. The molecule has 3 heterocycles. The van der Waals surface area contributed by atoms with Crippen molar-refractivity contribution in [3.05, 3.63) is 24.5 Å². The second kappa shape index (κ2) is 5.99. The highest BCUT2D eigenvalue weighted by molar-refractivity contribution is 5.73. The Kier molecular flexibility index (Phi) is 3.89. The van der Waals surface area contributed by atoms with Gasteiger partial charge in [0.1, 0.15) is 5.69 Å². The van der Waals surface area contributed by atoms with Crippen molar-refractivity contribution in [2.75, 3.05) is 13.1 Å². The van der Waals surface area contributed by atoms with Crippen LogP contribution in [0.5, 0.6) is 0 Å². The van der Waals surface area contributed by atoms with E-state index in [-0.39, 0.29) is 5.91 Å². The Balaban J connectivity index is 1.66. The third kappa shape index (κ3) is 3.24. The molecule has 1 atom stereocenters. The lowest BCUT2D eigenvalue weighted by Crippen LogP contribution is -2.39. The minimum Gasteiger partial charge on any atom is -0.343 e. The van der Waals surface area contributed by atoms with E-state index in [2.05, 4.69) is 20.1 Å². The molecule has 110 valence electrons. The summed E-state index contributed by atoms with van der Waals surface area (Å²) in [5.74, 6) is 1.55. The molecule has 3 rings (SSSR count). The Morgan fingerprint density at radius 2 is 2.38 bits per heavy atom. The van der Waals surface area contributed by atoms with E-state index in [9.17, 15) is 4.79 Å². The first-order valence-corrected chi connectivity index (χ1v) is 7.07. The molecular formula is C14H17N5O2. The van der Waals surface area contributed by atoms with Crippen LogP contribution in [0.15, 0.2) is 23.1 Å². The Morgan fingerprint density at radius 3 is 3.14 bits per heavy atom. The SMILES string of the molecule is CC(=O)N1CCC[C@H](Cc2nc(-c3cnccn3)no2)C1. The summed E-state index contributed by atoms with van der Waals surface area (Å²) < 4.78 is 5.29. The van der Waals surface area contributed by atoms with Gasteiger partial charge in [0.2, 0.25) is 17.6 Å². The van der Waals surface area contributed by atoms with Gasteiger partial charge >= 0.3 is 0 Å². The second-order valence-corrected chi connectivity index (χ2v) is 5.28. The van der Waals surface area contributed by atoms with E-state index in [0.29, 0.717) is 29.7 Å². The van der Waals surface area contributed by atoms with Crippen molar-refractivity contribution in [1.82, 2.24) is 25.0 Å². The van der Waals surface area contributed by atoms with Gasteiger partial charge in [0.15, 0.2) is 0 Å². The van der Waals surface area contributed by atoms with Gasteiger partial charge in [0, 0.05) is 38.8 Å². The van der Waals surface area contributed by atoms with Gasteiger partial charge in [-0.3, -0.25) is 9.78 Å². The van der Waals surface area contributed by atoms with Crippen LogP contribution in [0.2, 0.25) is 0 Å². The molecule has 21 heavy (non-hydrogen) atoms. The molecule has 0 unspecified atom stereocenters. The Bertz CT molecular complexity index is 613. The molecular weight excluding hydrogens is 270 g/mol. The van der Waals surface area contributed by atoms with E-state index in [0.717, 1.165) is 25.9 Å². The molecule has 1 aliphatic heterocycles. The normalized spacial score (nSPS) is 18.7. The fourth-order valence-electron chi connectivity index (χ4n) is 2.62.